The number of carbonyl (C=O) groups excluding carboxylic acids is 3. The first kappa shape index (κ1) is 25.8. The van der Waals surface area contributed by atoms with E-state index < -0.39 is 17.2 Å². The van der Waals surface area contributed by atoms with Crippen molar-refractivity contribution in [3.05, 3.63) is 36.0 Å². The summed E-state index contributed by atoms with van der Waals surface area (Å²) in [6, 6.07) is 7.08. The highest BCUT2D eigenvalue weighted by molar-refractivity contribution is 7.81. The van der Waals surface area contributed by atoms with Crippen LogP contribution in [-0.4, -0.2) is 47.2 Å². The number of aromatic amines is 1. The van der Waals surface area contributed by atoms with Gasteiger partial charge in [-0.25, -0.2) is 0 Å². The van der Waals surface area contributed by atoms with Crippen LogP contribution in [0.3, 0.4) is 0 Å². The molecule has 3 atom stereocenters. The van der Waals surface area contributed by atoms with E-state index in [-0.39, 0.29) is 36.2 Å². The molecule has 0 aliphatic rings. The number of carbonyl (C=O) groups is 3. The molecule has 1 aromatic carbocycles. The number of benzene rings is 1. The third-order valence-electron chi connectivity index (χ3n) is 5.25. The van der Waals surface area contributed by atoms with Crippen molar-refractivity contribution in [1.29, 1.82) is 0 Å². The predicted octanol–water partition coefficient (Wildman–Crippen LogP) is 3.24. The largest absolute Gasteiger partial charge is 0.463 e. The third-order valence-corrected chi connectivity index (χ3v) is 5.79. The second kappa shape index (κ2) is 11.9. The molecule has 0 saturated heterocycles. The second-order valence-electron chi connectivity index (χ2n) is 8.79. The van der Waals surface area contributed by atoms with E-state index in [1.54, 1.807) is 20.9 Å². The Bertz CT molecular complexity index is 925. The van der Waals surface area contributed by atoms with Crippen LogP contribution in [0.4, 0.5) is 0 Å². The smallest absolute Gasteiger partial charge is 0.307 e. The van der Waals surface area contributed by atoms with Crippen molar-refractivity contribution < 1.29 is 19.1 Å². The highest BCUT2D eigenvalue weighted by Gasteiger charge is 2.32. The summed E-state index contributed by atoms with van der Waals surface area (Å²) in [6.45, 7) is 7.58. The Balaban J connectivity index is 2.18. The monoisotopic (exact) mass is 461 g/mol. The molecule has 2 amide bonds. The summed E-state index contributed by atoms with van der Waals surface area (Å²) in [5.74, 6) is -1.27. The molecular formula is C24H35N3O4S. The van der Waals surface area contributed by atoms with Gasteiger partial charge in [0.15, 0.2) is 0 Å². The fraction of sp³-hybridized carbons (Fsp3) is 0.542. The first-order valence-corrected chi connectivity index (χ1v) is 11.6. The second-order valence-corrected chi connectivity index (χ2v) is 9.45. The number of para-hydroxylation sites is 1. The molecule has 32 heavy (non-hydrogen) atoms. The number of ether oxygens (including phenoxy) is 1. The van der Waals surface area contributed by atoms with Crippen molar-refractivity contribution in [2.24, 2.45) is 11.8 Å². The molecule has 3 N–H and O–H groups in total. The van der Waals surface area contributed by atoms with E-state index in [9.17, 15) is 14.4 Å². The Morgan fingerprint density at radius 3 is 2.41 bits per heavy atom. The molecule has 0 bridgehead atoms. The molecule has 1 heterocycles. The Kier molecular flexibility index (Phi) is 9.62. The lowest BCUT2D eigenvalue weighted by molar-refractivity contribution is -0.147. The van der Waals surface area contributed by atoms with Crippen LogP contribution in [0.15, 0.2) is 30.5 Å². The van der Waals surface area contributed by atoms with Crippen LogP contribution in [0.25, 0.3) is 10.9 Å². The summed E-state index contributed by atoms with van der Waals surface area (Å²) in [5.41, 5.74) is 1.92. The summed E-state index contributed by atoms with van der Waals surface area (Å²) in [4.78, 5) is 41.2. The Hall–Kier alpha value is -2.48. The zero-order valence-corrected chi connectivity index (χ0v) is 20.4. The lowest BCUT2D eigenvalue weighted by Gasteiger charge is -2.26. The molecule has 0 fully saturated rings. The minimum atomic E-state index is -0.746. The van der Waals surface area contributed by atoms with Crippen LogP contribution < -0.4 is 10.6 Å². The number of amides is 2. The van der Waals surface area contributed by atoms with Gasteiger partial charge < -0.3 is 20.4 Å². The van der Waals surface area contributed by atoms with Gasteiger partial charge in [-0.15, -0.1) is 0 Å². The molecule has 0 radical (unpaired) electrons. The Labute approximate surface area is 195 Å². The molecule has 0 aliphatic heterocycles. The molecule has 8 heteroatoms. The molecular weight excluding hydrogens is 426 g/mol. The summed E-state index contributed by atoms with van der Waals surface area (Å²) in [6.07, 6.45) is 2.55. The van der Waals surface area contributed by atoms with Gasteiger partial charge in [-0.2, -0.15) is 12.6 Å². The van der Waals surface area contributed by atoms with Crippen molar-refractivity contribution >= 4 is 41.3 Å². The maximum atomic E-state index is 13.2. The third kappa shape index (κ3) is 7.29. The Morgan fingerprint density at radius 2 is 1.78 bits per heavy atom. The van der Waals surface area contributed by atoms with E-state index in [0.717, 1.165) is 16.5 Å². The Morgan fingerprint density at radius 1 is 1.09 bits per heavy atom. The zero-order chi connectivity index (χ0) is 23.8. The number of thiol groups is 1. The fourth-order valence-electron chi connectivity index (χ4n) is 3.75. The first-order valence-electron chi connectivity index (χ1n) is 11.1. The van der Waals surface area contributed by atoms with Crippen molar-refractivity contribution in [1.82, 2.24) is 15.6 Å². The summed E-state index contributed by atoms with van der Waals surface area (Å²) in [7, 11) is 1.55. The van der Waals surface area contributed by atoms with Gasteiger partial charge in [-0.3, -0.25) is 14.4 Å². The topological polar surface area (TPSA) is 100 Å². The summed E-state index contributed by atoms with van der Waals surface area (Å²) >= 11 is 4.57. The van der Waals surface area contributed by atoms with Crippen molar-refractivity contribution in [2.75, 3.05) is 7.05 Å². The lowest BCUT2D eigenvalue weighted by Crippen LogP contribution is -2.50. The standard InChI is InChI=1S/C24H35N3O4S/c1-14(2)10-18(21(32)12-22(28)31-15(3)4)23(29)27-20(24(30)25-5)11-16-13-26-19-9-7-6-8-17(16)19/h6-9,13-15,18,20-21,26,32H,10-12H2,1-5H3,(H,25,30)(H,27,29)/t18?,20-,21?/m0/s1. The molecule has 0 saturated carbocycles. The van der Waals surface area contributed by atoms with Crippen LogP contribution in [-0.2, 0) is 25.5 Å². The van der Waals surface area contributed by atoms with E-state index >= 15 is 0 Å². The van der Waals surface area contributed by atoms with Crippen LogP contribution in [0, 0.1) is 11.8 Å². The van der Waals surface area contributed by atoms with E-state index in [2.05, 4.69) is 28.2 Å². The number of likely N-dealkylation sites (N-methyl/N-ethyl adjacent to an activating group) is 1. The van der Waals surface area contributed by atoms with Crippen LogP contribution in [0.5, 0.6) is 0 Å². The molecule has 2 rings (SSSR count). The van der Waals surface area contributed by atoms with Crippen LogP contribution in [0.2, 0.25) is 0 Å². The highest BCUT2D eigenvalue weighted by Crippen LogP contribution is 2.24. The van der Waals surface area contributed by atoms with E-state index in [1.165, 1.54) is 0 Å². The number of rotatable bonds is 11. The quantitative estimate of drug-likeness (QED) is 0.305. The minimum absolute atomic E-state index is 0.0270. The molecule has 2 aromatic rings. The van der Waals surface area contributed by atoms with Gasteiger partial charge in [0.2, 0.25) is 11.8 Å². The summed E-state index contributed by atoms with van der Waals surface area (Å²) < 4.78 is 5.22. The lowest BCUT2D eigenvalue weighted by atomic mass is 9.91. The fourth-order valence-corrected chi connectivity index (χ4v) is 4.16. The normalized spacial score (nSPS) is 14.2. The van der Waals surface area contributed by atoms with Gasteiger partial charge in [0.1, 0.15) is 6.04 Å². The molecule has 1 aromatic heterocycles. The van der Waals surface area contributed by atoms with Crippen molar-refractivity contribution in [3.8, 4) is 0 Å². The zero-order valence-electron chi connectivity index (χ0n) is 19.5. The maximum absolute atomic E-state index is 13.2. The number of aromatic nitrogens is 1. The van der Waals surface area contributed by atoms with Gasteiger partial charge in [0.25, 0.3) is 0 Å². The molecule has 176 valence electrons. The maximum Gasteiger partial charge on any atom is 0.307 e. The van der Waals surface area contributed by atoms with Gasteiger partial charge in [-0.05, 0) is 37.8 Å². The number of fused-ring (bicyclic) bond motifs is 1. The average molecular weight is 462 g/mol. The van der Waals surface area contributed by atoms with Crippen LogP contribution in [0.1, 0.15) is 46.1 Å². The van der Waals surface area contributed by atoms with Gasteiger partial charge >= 0.3 is 5.97 Å². The molecule has 0 spiro atoms. The number of nitrogens with one attached hydrogen (secondary N) is 3. The first-order chi connectivity index (χ1) is 15.1. The SMILES string of the molecule is CNC(=O)[C@H](Cc1c[nH]c2ccccc12)NC(=O)C(CC(C)C)C(S)CC(=O)OC(C)C. The van der Waals surface area contributed by atoms with E-state index in [0.29, 0.717) is 12.8 Å². The van der Waals surface area contributed by atoms with Gasteiger partial charge in [0.05, 0.1) is 18.4 Å². The molecule has 7 nitrogen and oxygen atoms in total. The van der Waals surface area contributed by atoms with Crippen molar-refractivity contribution in [2.45, 2.75) is 64.4 Å². The van der Waals surface area contributed by atoms with Gasteiger partial charge in [0, 0.05) is 35.8 Å². The number of H-pyrrole nitrogens is 1. The van der Waals surface area contributed by atoms with E-state index in [1.807, 2.05) is 44.3 Å². The number of esters is 1. The van der Waals surface area contributed by atoms with Gasteiger partial charge in [-0.1, -0.05) is 32.0 Å². The molecule has 2 unspecified atom stereocenters. The highest BCUT2D eigenvalue weighted by atomic mass is 32.1. The van der Waals surface area contributed by atoms with E-state index in [4.69, 9.17) is 4.74 Å². The minimum Gasteiger partial charge on any atom is -0.463 e. The van der Waals surface area contributed by atoms with Crippen LogP contribution >= 0.6 is 12.6 Å². The van der Waals surface area contributed by atoms with Crippen molar-refractivity contribution in [3.63, 3.8) is 0 Å². The average Bonchev–Trinajstić information content (AvgIpc) is 3.12. The number of hydrogen-bond acceptors (Lipinski definition) is 5. The predicted molar refractivity (Wildman–Crippen MR) is 130 cm³/mol. The summed E-state index contributed by atoms with van der Waals surface area (Å²) in [5, 5.41) is 6.04. The molecule has 0 aliphatic carbocycles. The number of hydrogen-bond donors (Lipinski definition) is 4.